The predicted molar refractivity (Wildman–Crippen MR) is 115 cm³/mol. The monoisotopic (exact) mass is 423 g/mol. The molecule has 1 fully saturated rings. The fraction of sp³-hybridized carbons (Fsp3) is 0.318. The Bertz CT molecular complexity index is 1010. The lowest BCUT2D eigenvalue weighted by molar-refractivity contribution is -0.146. The first-order chi connectivity index (χ1) is 14.7. The molecule has 0 saturated carbocycles. The van der Waals surface area contributed by atoms with Crippen LogP contribution in [0.2, 0.25) is 0 Å². The third kappa shape index (κ3) is 5.44. The van der Waals surface area contributed by atoms with Crippen molar-refractivity contribution in [3.63, 3.8) is 0 Å². The van der Waals surface area contributed by atoms with Gasteiger partial charge in [-0.3, -0.25) is 24.2 Å². The molecule has 162 valence electrons. The van der Waals surface area contributed by atoms with Crippen LogP contribution in [0.25, 0.3) is 0 Å². The van der Waals surface area contributed by atoms with E-state index in [0.29, 0.717) is 12.2 Å². The fourth-order valence-electron chi connectivity index (χ4n) is 3.67. The van der Waals surface area contributed by atoms with E-state index < -0.39 is 17.7 Å². The highest BCUT2D eigenvalue weighted by Crippen LogP contribution is 2.34. The number of hydrogen-bond donors (Lipinski definition) is 3. The van der Waals surface area contributed by atoms with E-state index in [1.54, 1.807) is 17.0 Å². The summed E-state index contributed by atoms with van der Waals surface area (Å²) in [5.74, 6) is -2.05. The number of carbonyl (C=O) groups excluding carboxylic acids is 4. The highest BCUT2D eigenvalue weighted by molar-refractivity contribution is 6.39. The molecule has 1 aliphatic heterocycles. The second kappa shape index (κ2) is 9.38. The van der Waals surface area contributed by atoms with Gasteiger partial charge in [-0.15, -0.1) is 0 Å². The zero-order valence-corrected chi connectivity index (χ0v) is 17.4. The van der Waals surface area contributed by atoms with Crippen molar-refractivity contribution >= 4 is 35.0 Å². The predicted octanol–water partition coefficient (Wildman–Crippen LogP) is 2.08. The average Bonchev–Trinajstić information content (AvgIpc) is 2.73. The van der Waals surface area contributed by atoms with Gasteiger partial charge in [-0.2, -0.15) is 0 Å². The molecule has 1 aromatic carbocycles. The van der Waals surface area contributed by atoms with Gasteiger partial charge in [-0.05, 0) is 42.5 Å². The zero-order chi connectivity index (χ0) is 22.5. The number of nitrogens with two attached hydrogens (primary N) is 1. The van der Waals surface area contributed by atoms with Crippen molar-refractivity contribution in [2.75, 3.05) is 17.2 Å². The first kappa shape index (κ1) is 21.9. The van der Waals surface area contributed by atoms with Crippen LogP contribution in [0.5, 0.6) is 0 Å². The summed E-state index contributed by atoms with van der Waals surface area (Å²) in [6.45, 7) is 3.92. The van der Waals surface area contributed by atoms with Crippen molar-refractivity contribution < 1.29 is 19.2 Å². The molecular weight excluding hydrogens is 398 g/mol. The molecule has 1 aromatic heterocycles. The molecule has 0 radical (unpaired) electrons. The van der Waals surface area contributed by atoms with Gasteiger partial charge >= 0.3 is 11.8 Å². The molecule has 4 N–H and O–H groups in total. The van der Waals surface area contributed by atoms with E-state index in [2.05, 4.69) is 15.6 Å². The summed E-state index contributed by atoms with van der Waals surface area (Å²) >= 11 is 0. The molecule has 4 amide bonds. The average molecular weight is 423 g/mol. The largest absolute Gasteiger partial charge is 0.366 e. The Morgan fingerprint density at radius 3 is 2.39 bits per heavy atom. The van der Waals surface area contributed by atoms with Crippen molar-refractivity contribution in [2.45, 2.75) is 32.7 Å². The lowest BCUT2D eigenvalue weighted by Gasteiger charge is -2.38. The van der Waals surface area contributed by atoms with Crippen LogP contribution < -0.4 is 16.4 Å². The van der Waals surface area contributed by atoms with Crippen molar-refractivity contribution in [3.05, 3.63) is 53.9 Å². The molecule has 0 spiro atoms. The summed E-state index contributed by atoms with van der Waals surface area (Å²) in [5, 5.41) is 5.22. The number of amides is 4. The molecule has 9 nitrogen and oxygen atoms in total. The maximum absolute atomic E-state index is 13.0. The van der Waals surface area contributed by atoms with Crippen LogP contribution in [0.15, 0.2) is 42.7 Å². The molecular formula is C22H25N5O4. The van der Waals surface area contributed by atoms with Crippen LogP contribution in [-0.2, 0) is 14.4 Å². The Morgan fingerprint density at radius 1 is 1.03 bits per heavy atom. The summed E-state index contributed by atoms with van der Waals surface area (Å²) in [5.41, 5.74) is 7.14. The molecule has 2 atom stereocenters. The number of likely N-dealkylation sites (tertiary alicyclic amines) is 1. The van der Waals surface area contributed by atoms with Crippen LogP contribution in [-0.4, -0.2) is 40.1 Å². The number of piperidine rings is 1. The number of anilines is 2. The zero-order valence-electron chi connectivity index (χ0n) is 17.4. The number of nitrogens with one attached hydrogen (secondary N) is 2. The first-order valence-corrected chi connectivity index (χ1v) is 9.99. The number of benzene rings is 1. The van der Waals surface area contributed by atoms with Gasteiger partial charge in [0.2, 0.25) is 11.8 Å². The number of aromatic nitrogens is 1. The minimum Gasteiger partial charge on any atom is -0.366 e. The molecule has 2 heterocycles. The highest BCUT2D eigenvalue weighted by atomic mass is 16.2. The van der Waals surface area contributed by atoms with Crippen LogP contribution in [0.1, 0.15) is 48.7 Å². The Labute approximate surface area is 180 Å². The molecule has 0 aliphatic carbocycles. The van der Waals surface area contributed by atoms with E-state index in [-0.39, 0.29) is 29.1 Å². The third-order valence-electron chi connectivity index (χ3n) is 5.17. The minimum atomic E-state index is -0.808. The van der Waals surface area contributed by atoms with E-state index in [9.17, 15) is 19.2 Å². The quantitative estimate of drug-likeness (QED) is 0.647. The summed E-state index contributed by atoms with van der Waals surface area (Å²) in [7, 11) is 0. The summed E-state index contributed by atoms with van der Waals surface area (Å²) < 4.78 is 0. The topological polar surface area (TPSA) is 134 Å². The maximum atomic E-state index is 13.0. The van der Waals surface area contributed by atoms with Crippen LogP contribution in [0, 0.1) is 5.92 Å². The number of primary amides is 1. The van der Waals surface area contributed by atoms with E-state index in [1.165, 1.54) is 25.4 Å². The molecule has 9 heteroatoms. The summed E-state index contributed by atoms with van der Waals surface area (Å²) in [6.07, 6.45) is 4.27. The normalized spacial score (nSPS) is 18.2. The Hall–Kier alpha value is -3.75. The standard InChI is InChI=1S/C22H25N5O4/c1-13-3-8-19(15-4-6-17(7-5-15)25-14(2)28)27(12-13)22(31)21(30)26-18-9-16(20(23)29)10-24-11-18/h4-7,9-11,13,19H,3,8,12H2,1-2H3,(H2,23,29)(H,25,28)(H,26,30). The fourth-order valence-corrected chi connectivity index (χ4v) is 3.67. The molecule has 2 aromatic rings. The summed E-state index contributed by atoms with van der Waals surface area (Å²) in [4.78, 5) is 53.6. The first-order valence-electron chi connectivity index (χ1n) is 9.99. The molecule has 31 heavy (non-hydrogen) atoms. The van der Waals surface area contributed by atoms with E-state index in [4.69, 9.17) is 5.73 Å². The molecule has 3 rings (SSSR count). The molecule has 1 saturated heterocycles. The second-order valence-corrected chi connectivity index (χ2v) is 7.74. The van der Waals surface area contributed by atoms with Gasteiger partial charge in [0.05, 0.1) is 23.5 Å². The van der Waals surface area contributed by atoms with E-state index in [0.717, 1.165) is 18.4 Å². The Kier molecular flexibility index (Phi) is 6.64. The van der Waals surface area contributed by atoms with Gasteiger partial charge in [0.1, 0.15) is 0 Å². The smallest absolute Gasteiger partial charge is 0.313 e. The van der Waals surface area contributed by atoms with Gasteiger partial charge < -0.3 is 21.3 Å². The van der Waals surface area contributed by atoms with Crippen LogP contribution in [0.4, 0.5) is 11.4 Å². The maximum Gasteiger partial charge on any atom is 0.313 e. The number of carbonyl (C=O) groups is 4. The van der Waals surface area contributed by atoms with Crippen molar-refractivity contribution in [1.29, 1.82) is 0 Å². The van der Waals surface area contributed by atoms with Crippen molar-refractivity contribution in [1.82, 2.24) is 9.88 Å². The molecule has 0 bridgehead atoms. The minimum absolute atomic E-state index is 0.133. The number of hydrogen-bond acceptors (Lipinski definition) is 5. The van der Waals surface area contributed by atoms with Crippen LogP contribution >= 0.6 is 0 Å². The van der Waals surface area contributed by atoms with Crippen molar-refractivity contribution in [2.24, 2.45) is 11.7 Å². The highest BCUT2D eigenvalue weighted by Gasteiger charge is 2.34. The van der Waals surface area contributed by atoms with Gasteiger partial charge in [0.15, 0.2) is 0 Å². The van der Waals surface area contributed by atoms with E-state index >= 15 is 0 Å². The lowest BCUT2D eigenvalue weighted by atomic mass is 9.89. The Balaban J connectivity index is 1.77. The lowest BCUT2D eigenvalue weighted by Crippen LogP contribution is -2.46. The second-order valence-electron chi connectivity index (χ2n) is 7.74. The molecule has 2 unspecified atom stereocenters. The van der Waals surface area contributed by atoms with Gasteiger partial charge in [-0.1, -0.05) is 19.1 Å². The van der Waals surface area contributed by atoms with Gasteiger partial charge in [0.25, 0.3) is 0 Å². The SMILES string of the molecule is CC(=O)Nc1ccc(C2CCC(C)CN2C(=O)C(=O)Nc2cncc(C(N)=O)c2)cc1. The van der Waals surface area contributed by atoms with Gasteiger partial charge in [-0.25, -0.2) is 0 Å². The molecule has 1 aliphatic rings. The summed E-state index contributed by atoms with van der Waals surface area (Å²) in [6, 6.07) is 8.37. The number of rotatable bonds is 4. The van der Waals surface area contributed by atoms with Gasteiger partial charge in [0, 0.05) is 25.4 Å². The van der Waals surface area contributed by atoms with Crippen LogP contribution in [0.3, 0.4) is 0 Å². The third-order valence-corrected chi connectivity index (χ3v) is 5.17. The number of pyridine rings is 1. The van der Waals surface area contributed by atoms with E-state index in [1.807, 2.05) is 19.1 Å². The number of nitrogens with zero attached hydrogens (tertiary/aromatic N) is 2. The Morgan fingerprint density at radius 2 is 1.74 bits per heavy atom. The van der Waals surface area contributed by atoms with Crippen molar-refractivity contribution in [3.8, 4) is 0 Å².